The molecule has 2 saturated heterocycles. The Morgan fingerprint density at radius 3 is 2.31 bits per heavy atom. The second-order valence-electron chi connectivity index (χ2n) is 17.4. The number of ether oxygens (including phenoxy) is 2. The second-order valence-corrected chi connectivity index (χ2v) is 17.4. The lowest BCUT2D eigenvalue weighted by molar-refractivity contribution is -0.156. The van der Waals surface area contributed by atoms with Crippen molar-refractivity contribution < 1.29 is 44.3 Å². The van der Waals surface area contributed by atoms with Crippen molar-refractivity contribution in [2.45, 2.75) is 143 Å². The number of fused-ring (bicyclic) bond motifs is 2. The van der Waals surface area contributed by atoms with Gasteiger partial charge in [-0.15, -0.1) is 12.8 Å². The van der Waals surface area contributed by atoms with Gasteiger partial charge in [-0.3, -0.25) is 19.4 Å². The first-order valence-electron chi connectivity index (χ1n) is 21.7. The van der Waals surface area contributed by atoms with Crippen LogP contribution in [0.2, 0.25) is 0 Å². The predicted octanol–water partition coefficient (Wildman–Crippen LogP) is 6.45. The number of hydrogen-bond acceptors (Lipinski definition) is 12. The number of aliphatic hydroxyl groups is 2. The lowest BCUT2D eigenvalue weighted by Crippen LogP contribution is -2.40. The molecule has 6 rings (SSSR count). The summed E-state index contributed by atoms with van der Waals surface area (Å²) in [6.45, 7) is 14.6. The molecule has 9 atom stereocenters. The van der Waals surface area contributed by atoms with Crippen LogP contribution < -0.4 is 20.8 Å². The Morgan fingerprint density at radius 1 is 0.984 bits per heavy atom. The highest BCUT2D eigenvalue weighted by atomic mass is 16.5. The van der Waals surface area contributed by atoms with Gasteiger partial charge in [0.25, 0.3) is 5.91 Å². The highest BCUT2D eigenvalue weighted by Crippen LogP contribution is 2.48. The molecule has 1 amide bonds. The zero-order valence-corrected chi connectivity index (χ0v) is 37.7. The number of aliphatic hydroxyl groups excluding tert-OH is 2. The van der Waals surface area contributed by atoms with E-state index in [0.29, 0.717) is 49.4 Å². The van der Waals surface area contributed by atoms with Crippen molar-refractivity contribution >= 4 is 34.1 Å². The van der Waals surface area contributed by atoms with Crippen molar-refractivity contribution in [2.75, 3.05) is 26.1 Å². The molecule has 2 aromatic rings. The molecule has 13 heteroatoms. The van der Waals surface area contributed by atoms with Gasteiger partial charge in [0.15, 0.2) is 11.5 Å². The van der Waals surface area contributed by atoms with Crippen LogP contribution in [0, 0.1) is 43.4 Å². The average Bonchev–Trinajstić information content (AvgIpc) is 3.74. The topological polar surface area (TPSA) is 191 Å². The van der Waals surface area contributed by atoms with Gasteiger partial charge in [0.2, 0.25) is 0 Å². The number of benzene rings is 2. The number of rotatable bonds is 3. The summed E-state index contributed by atoms with van der Waals surface area (Å²) >= 11 is 0. The van der Waals surface area contributed by atoms with Gasteiger partial charge < -0.3 is 40.1 Å². The molecule has 0 aliphatic carbocycles. The minimum absolute atomic E-state index is 0.00864. The van der Waals surface area contributed by atoms with Crippen LogP contribution in [0.3, 0.4) is 0 Å². The zero-order chi connectivity index (χ0) is 45.5. The van der Waals surface area contributed by atoms with Crippen LogP contribution in [0.1, 0.15) is 122 Å². The number of carbonyl (C=O) groups is 3. The van der Waals surface area contributed by atoms with Crippen LogP contribution in [0.5, 0.6) is 17.2 Å². The molecular weight excluding hydrogens is 777 g/mol. The third-order valence-electron chi connectivity index (χ3n) is 13.2. The van der Waals surface area contributed by atoms with Gasteiger partial charge in [-0.2, -0.15) is 0 Å². The molecule has 2 aromatic carbocycles. The summed E-state index contributed by atoms with van der Waals surface area (Å²) in [7, 11) is 3.16. The summed E-state index contributed by atoms with van der Waals surface area (Å²) in [5.74, 6) is -2.36. The predicted molar refractivity (Wildman–Crippen MR) is 237 cm³/mol. The monoisotopic (exact) mass is 844 g/mol. The Balaban J connectivity index is 0.00000199. The number of amides is 1. The van der Waals surface area contributed by atoms with E-state index in [4.69, 9.17) is 19.6 Å². The molecule has 0 unspecified atom stereocenters. The Kier molecular flexibility index (Phi) is 16.7. The fourth-order valence-electron chi connectivity index (χ4n) is 9.96. The molecule has 4 aliphatic rings. The number of terminal acetylenes is 1. The van der Waals surface area contributed by atoms with Crippen LogP contribution in [0.15, 0.2) is 33.8 Å². The van der Waals surface area contributed by atoms with Crippen LogP contribution >= 0.6 is 0 Å². The van der Waals surface area contributed by atoms with Gasteiger partial charge in [0, 0.05) is 61.4 Å². The van der Waals surface area contributed by atoms with Crippen molar-refractivity contribution in [1.29, 1.82) is 0 Å². The molecule has 4 aliphatic heterocycles. The largest absolute Gasteiger partial charge is 0.507 e. The molecule has 61 heavy (non-hydrogen) atoms. The van der Waals surface area contributed by atoms with Crippen molar-refractivity contribution in [2.24, 2.45) is 33.7 Å². The molecule has 0 radical (unpaired) electrons. The van der Waals surface area contributed by atoms with Gasteiger partial charge in [0.05, 0.1) is 29.3 Å². The standard InChI is InChI=1S/C45H62N4O8.C2H2.CH4O/c1-10-56-43-28(7)40(53)35-34-33(43)32(51)16-12-14-24(3)42(57-29(8)50)27(6)39(52)26(5)21-23(2)13-11-15-25(4)44(55)46-38(41(35)54)37-36(34)47-45(48-37)20-19-30-17-18-31(22-45)49(30)9;2*1-2/h11,13,15,23-24,26-27,30-31,39,42,47,52-54H,10,12,14,16-22H2,1-9H3;1-2H;2H,1H3/b13-11+,25-15-,46-38?;;/t23-,24+,26+,27+,30-,31+,39+,42+,45+;;/m0../s1. The summed E-state index contributed by atoms with van der Waals surface area (Å²) in [6.07, 6.45) is 18.2. The Bertz CT molecular complexity index is 2160. The number of allylic oxidation sites excluding steroid dienone is 3. The molecule has 334 valence electrons. The maximum absolute atomic E-state index is 14.7. The van der Waals surface area contributed by atoms with Crippen molar-refractivity contribution in [3.05, 3.63) is 45.6 Å². The highest BCUT2D eigenvalue weighted by Gasteiger charge is 2.46. The highest BCUT2D eigenvalue weighted by molar-refractivity contribution is 6.18. The summed E-state index contributed by atoms with van der Waals surface area (Å²) < 4.78 is 12.0. The van der Waals surface area contributed by atoms with E-state index >= 15 is 0 Å². The number of Topliss-reactive ketones (excluding diaryl/α,β-unsaturated/α-hetero) is 1. The number of aromatic hydroxyl groups is 2. The molecule has 0 saturated carbocycles. The summed E-state index contributed by atoms with van der Waals surface area (Å²) in [5.41, 5.74) is 0.478. The van der Waals surface area contributed by atoms with E-state index in [9.17, 15) is 29.7 Å². The first kappa shape index (κ1) is 48.9. The number of esters is 1. The molecular formula is C48H68N4O9. The first-order valence-corrected chi connectivity index (χ1v) is 21.7. The van der Waals surface area contributed by atoms with Gasteiger partial charge in [0.1, 0.15) is 34.0 Å². The maximum Gasteiger partial charge on any atom is 0.302 e. The summed E-state index contributed by atoms with van der Waals surface area (Å²) in [5, 5.41) is 46.8. The van der Waals surface area contributed by atoms with Crippen LogP contribution in [0.4, 0.5) is 5.69 Å². The Morgan fingerprint density at radius 2 is 1.66 bits per heavy atom. The number of carbonyl (C=O) groups excluding carboxylic acids is 3. The van der Waals surface area contributed by atoms with E-state index in [1.54, 1.807) is 26.0 Å². The molecule has 1 spiro atoms. The van der Waals surface area contributed by atoms with E-state index in [1.807, 2.05) is 40.7 Å². The normalized spacial score (nSPS) is 31.0. The van der Waals surface area contributed by atoms with Crippen molar-refractivity contribution in [1.82, 2.24) is 4.90 Å². The summed E-state index contributed by atoms with van der Waals surface area (Å²) in [6, 6.07) is 0.686. The van der Waals surface area contributed by atoms with E-state index in [1.165, 1.54) is 6.92 Å². The molecule has 4 heterocycles. The fraction of sp³-hybridized carbons (Fsp3) is 0.604. The molecule has 0 aromatic heterocycles. The zero-order valence-electron chi connectivity index (χ0n) is 37.7. The first-order chi connectivity index (χ1) is 29.0. The number of phenolic OH excluding ortho intramolecular Hbond substituents is 2. The Labute approximate surface area is 361 Å². The SMILES string of the molecule is C#C.CCOc1c(C)c(O)c2c(O)c3c4c(c2c1C(=O)CCC[C@@H](C)[C@@H](OC(C)=O)[C@H](C)[C@H](O)[C@H](C)C[C@@H](C)/C=C/C=C(/C)C(=O)N=3)N[C@]1(CC[C@@H]2CC[C@H](C1)N2C)N=4.CO. The molecule has 13 nitrogen and oxygen atoms in total. The quantitative estimate of drug-likeness (QED) is 0.130. The molecule has 5 N–H and O–H groups in total. The van der Waals surface area contributed by atoms with Crippen molar-refractivity contribution in [3.8, 4) is 30.1 Å². The number of hydrogen-bond donors (Lipinski definition) is 5. The summed E-state index contributed by atoms with van der Waals surface area (Å²) in [4.78, 5) is 53.2. The Hall–Kier alpha value is -4.77. The molecule has 4 bridgehead atoms. The van der Waals surface area contributed by atoms with Gasteiger partial charge >= 0.3 is 5.97 Å². The fourth-order valence-corrected chi connectivity index (χ4v) is 9.96. The number of phenols is 2. The smallest absolute Gasteiger partial charge is 0.302 e. The third kappa shape index (κ3) is 10.1. The number of ketones is 1. The lowest BCUT2D eigenvalue weighted by atomic mass is 9.79. The van der Waals surface area contributed by atoms with Gasteiger partial charge in [-0.05, 0) is 90.5 Å². The van der Waals surface area contributed by atoms with Gasteiger partial charge in [-0.25, -0.2) is 4.99 Å². The third-order valence-corrected chi connectivity index (χ3v) is 13.2. The molecule has 2 fully saturated rings. The number of anilines is 1. The lowest BCUT2D eigenvalue weighted by Gasteiger charge is -2.35. The van der Waals surface area contributed by atoms with Gasteiger partial charge in [-0.1, -0.05) is 45.9 Å². The second kappa shape index (κ2) is 20.9. The van der Waals surface area contributed by atoms with Crippen LogP contribution in [-0.2, 0) is 14.3 Å². The van der Waals surface area contributed by atoms with Crippen LogP contribution in [0.25, 0.3) is 10.8 Å². The minimum Gasteiger partial charge on any atom is -0.507 e. The number of nitrogens with one attached hydrogen (secondary N) is 1. The number of nitrogens with zero attached hydrogens (tertiary/aromatic N) is 3. The van der Waals surface area contributed by atoms with E-state index < -0.39 is 35.5 Å². The minimum atomic E-state index is -0.785. The van der Waals surface area contributed by atoms with E-state index in [2.05, 4.69) is 35.1 Å². The van der Waals surface area contributed by atoms with Crippen molar-refractivity contribution in [3.63, 3.8) is 0 Å². The van der Waals surface area contributed by atoms with E-state index in [-0.39, 0.29) is 92.6 Å². The van der Waals surface area contributed by atoms with E-state index in [0.717, 1.165) is 26.4 Å². The van der Waals surface area contributed by atoms with Crippen LogP contribution in [-0.4, -0.2) is 93.7 Å². The maximum atomic E-state index is 14.7. The average molecular weight is 845 g/mol.